The quantitative estimate of drug-likeness (QED) is 0.641. The van der Waals surface area contributed by atoms with Gasteiger partial charge >= 0.3 is 0 Å². The van der Waals surface area contributed by atoms with Crippen molar-refractivity contribution in [3.8, 4) is 21.0 Å². The van der Waals surface area contributed by atoms with Crippen LogP contribution in [-0.2, 0) is 0 Å². The summed E-state index contributed by atoms with van der Waals surface area (Å²) in [6.45, 7) is 0. The second kappa shape index (κ2) is 5.11. The molecule has 0 atom stereocenters. The minimum atomic E-state index is -0.270. The molecule has 0 spiro atoms. The third-order valence-electron chi connectivity index (χ3n) is 2.67. The summed E-state index contributed by atoms with van der Waals surface area (Å²) in [6, 6.07) is 14.0. The predicted molar refractivity (Wildman–Crippen MR) is 76.8 cm³/mol. The molecule has 0 aliphatic heterocycles. The summed E-state index contributed by atoms with van der Waals surface area (Å²) in [5, 5.41) is 1.31. The molecule has 19 heavy (non-hydrogen) atoms. The number of benzene rings is 2. The zero-order chi connectivity index (χ0) is 13.2. The number of nitrogens with zero attached hydrogens (tertiary/aromatic N) is 1. The Morgan fingerprint density at radius 3 is 2.53 bits per heavy atom. The van der Waals surface area contributed by atoms with Crippen LogP contribution in [0.15, 0.2) is 48.5 Å². The van der Waals surface area contributed by atoms with Crippen molar-refractivity contribution in [3.05, 3.63) is 65.6 Å². The molecule has 0 saturated carbocycles. The van der Waals surface area contributed by atoms with Crippen molar-refractivity contribution in [3.63, 3.8) is 0 Å². The third-order valence-corrected chi connectivity index (χ3v) is 3.96. The van der Waals surface area contributed by atoms with E-state index in [0.717, 1.165) is 10.4 Å². The Morgan fingerprint density at radius 2 is 1.79 bits per heavy atom. The maximum absolute atomic E-state index is 13.7. The Balaban J connectivity index is 2.00. The van der Waals surface area contributed by atoms with Crippen molar-refractivity contribution in [2.75, 3.05) is 0 Å². The first kappa shape index (κ1) is 12.3. The molecule has 4 heteroatoms. The summed E-state index contributed by atoms with van der Waals surface area (Å²) < 4.78 is 13.7. The molecule has 3 rings (SSSR count). The summed E-state index contributed by atoms with van der Waals surface area (Å²) in [6.07, 6.45) is 2.93. The van der Waals surface area contributed by atoms with E-state index in [-0.39, 0.29) is 5.82 Å². The molecule has 0 amide bonds. The molecular formula is C15H8ClFNS. The van der Waals surface area contributed by atoms with Gasteiger partial charge in [0.15, 0.2) is 0 Å². The molecule has 1 radical (unpaired) electrons. The highest BCUT2D eigenvalue weighted by atomic mass is 35.5. The molecule has 0 bridgehead atoms. The number of halogens is 2. The fourth-order valence-electron chi connectivity index (χ4n) is 1.72. The molecular weight excluding hydrogens is 281 g/mol. The lowest BCUT2D eigenvalue weighted by Gasteiger charge is -1.97. The van der Waals surface area contributed by atoms with Gasteiger partial charge in [-0.2, -0.15) is 0 Å². The van der Waals surface area contributed by atoms with Crippen LogP contribution >= 0.6 is 22.9 Å². The van der Waals surface area contributed by atoms with E-state index in [0.29, 0.717) is 15.6 Å². The second-order valence-electron chi connectivity index (χ2n) is 3.95. The van der Waals surface area contributed by atoms with Crippen molar-refractivity contribution in [2.24, 2.45) is 0 Å². The van der Waals surface area contributed by atoms with E-state index in [9.17, 15) is 4.39 Å². The van der Waals surface area contributed by atoms with Crippen molar-refractivity contribution in [1.29, 1.82) is 0 Å². The number of rotatable bonds is 2. The molecule has 0 unspecified atom stereocenters. The van der Waals surface area contributed by atoms with Gasteiger partial charge in [0.2, 0.25) is 0 Å². The van der Waals surface area contributed by atoms with Crippen LogP contribution in [0.4, 0.5) is 4.39 Å². The van der Waals surface area contributed by atoms with Crippen molar-refractivity contribution in [1.82, 2.24) is 4.98 Å². The zero-order valence-electron chi connectivity index (χ0n) is 9.73. The second-order valence-corrected chi connectivity index (χ2v) is 5.38. The van der Waals surface area contributed by atoms with Gasteiger partial charge in [-0.15, -0.1) is 11.3 Å². The summed E-state index contributed by atoms with van der Waals surface area (Å²) in [4.78, 5) is 5.04. The molecule has 2 aromatic carbocycles. The van der Waals surface area contributed by atoms with Crippen LogP contribution in [0.3, 0.4) is 0 Å². The SMILES string of the molecule is Fc1ccccc1-c1n[c]c(-c2ccc(Cl)cc2)s1. The molecule has 93 valence electrons. The molecule has 0 aliphatic rings. The Bertz CT molecular complexity index is 706. The van der Waals surface area contributed by atoms with Crippen molar-refractivity contribution < 1.29 is 4.39 Å². The average molecular weight is 289 g/mol. The normalized spacial score (nSPS) is 10.6. The largest absolute Gasteiger partial charge is 0.234 e. The van der Waals surface area contributed by atoms with E-state index in [1.807, 2.05) is 24.3 Å². The fourth-order valence-corrected chi connectivity index (χ4v) is 2.75. The Kier molecular flexibility index (Phi) is 3.32. The maximum Gasteiger partial charge on any atom is 0.133 e. The molecule has 3 aromatic rings. The van der Waals surface area contributed by atoms with Gasteiger partial charge in [-0.05, 0) is 29.8 Å². The lowest BCUT2D eigenvalue weighted by atomic mass is 10.2. The number of hydrogen-bond acceptors (Lipinski definition) is 2. The molecule has 0 saturated heterocycles. The molecule has 1 heterocycles. The fraction of sp³-hybridized carbons (Fsp3) is 0. The highest BCUT2D eigenvalue weighted by Gasteiger charge is 2.10. The lowest BCUT2D eigenvalue weighted by Crippen LogP contribution is -1.80. The first-order chi connectivity index (χ1) is 9.24. The van der Waals surface area contributed by atoms with Crippen LogP contribution in [0.25, 0.3) is 21.0 Å². The summed E-state index contributed by atoms with van der Waals surface area (Å²) in [5.74, 6) is -0.270. The predicted octanol–water partition coefficient (Wildman–Crippen LogP) is 5.07. The van der Waals surface area contributed by atoms with Crippen LogP contribution in [0.2, 0.25) is 5.02 Å². The summed E-state index contributed by atoms with van der Waals surface area (Å²) in [7, 11) is 0. The van der Waals surface area contributed by atoms with Crippen molar-refractivity contribution >= 4 is 22.9 Å². The Labute approximate surface area is 119 Å². The maximum atomic E-state index is 13.7. The van der Waals surface area contributed by atoms with E-state index in [2.05, 4.69) is 11.2 Å². The van der Waals surface area contributed by atoms with Gasteiger partial charge in [-0.25, -0.2) is 9.37 Å². The first-order valence-corrected chi connectivity index (χ1v) is 6.83. The first-order valence-electron chi connectivity index (χ1n) is 5.63. The van der Waals surface area contributed by atoms with Gasteiger partial charge in [-0.3, -0.25) is 0 Å². The highest BCUT2D eigenvalue weighted by Crippen LogP contribution is 2.33. The van der Waals surface area contributed by atoms with Gasteiger partial charge in [0.1, 0.15) is 17.0 Å². The minimum absolute atomic E-state index is 0.270. The average Bonchev–Trinajstić information content (AvgIpc) is 2.89. The smallest absolute Gasteiger partial charge is 0.133 e. The third kappa shape index (κ3) is 2.53. The monoisotopic (exact) mass is 288 g/mol. The number of thiazole rings is 1. The van der Waals surface area contributed by atoms with Crippen molar-refractivity contribution in [2.45, 2.75) is 0 Å². The van der Waals surface area contributed by atoms with E-state index >= 15 is 0 Å². The Morgan fingerprint density at radius 1 is 1.05 bits per heavy atom. The van der Waals surface area contributed by atoms with Gasteiger partial charge in [-0.1, -0.05) is 35.9 Å². The number of aromatic nitrogens is 1. The molecule has 0 fully saturated rings. The zero-order valence-corrected chi connectivity index (χ0v) is 11.3. The van der Waals surface area contributed by atoms with Crippen LogP contribution in [0, 0.1) is 12.0 Å². The van der Waals surface area contributed by atoms with Crippen LogP contribution in [-0.4, -0.2) is 4.98 Å². The van der Waals surface area contributed by atoms with Crippen LogP contribution in [0.5, 0.6) is 0 Å². The summed E-state index contributed by atoms with van der Waals surface area (Å²) >= 11 is 7.26. The molecule has 1 nitrogen and oxygen atoms in total. The lowest BCUT2D eigenvalue weighted by molar-refractivity contribution is 0.631. The van der Waals surface area contributed by atoms with E-state index in [4.69, 9.17) is 11.6 Å². The molecule has 0 aliphatic carbocycles. The van der Waals surface area contributed by atoms with E-state index < -0.39 is 0 Å². The van der Waals surface area contributed by atoms with Crippen LogP contribution in [0.1, 0.15) is 0 Å². The van der Waals surface area contributed by atoms with Gasteiger partial charge < -0.3 is 0 Å². The summed E-state index contributed by atoms with van der Waals surface area (Å²) in [5.41, 5.74) is 1.48. The molecule has 0 N–H and O–H groups in total. The van der Waals surface area contributed by atoms with Gasteiger partial charge in [0.05, 0.1) is 4.88 Å². The number of hydrogen-bond donors (Lipinski definition) is 0. The van der Waals surface area contributed by atoms with Gasteiger partial charge in [0, 0.05) is 10.6 Å². The highest BCUT2D eigenvalue weighted by molar-refractivity contribution is 7.18. The minimum Gasteiger partial charge on any atom is -0.234 e. The molecule has 1 aromatic heterocycles. The van der Waals surface area contributed by atoms with Crippen LogP contribution < -0.4 is 0 Å². The van der Waals surface area contributed by atoms with E-state index in [1.165, 1.54) is 17.4 Å². The Hall–Kier alpha value is -1.71. The van der Waals surface area contributed by atoms with E-state index in [1.54, 1.807) is 18.2 Å². The topological polar surface area (TPSA) is 12.9 Å². The standard InChI is InChI=1S/C15H8ClFNS/c16-11-7-5-10(6-8-11)14-9-18-15(19-14)12-3-1-2-4-13(12)17/h1-8H. The van der Waals surface area contributed by atoms with Gasteiger partial charge in [0.25, 0.3) is 0 Å².